The van der Waals surface area contributed by atoms with Gasteiger partial charge in [0.25, 0.3) is 0 Å². The fraction of sp³-hybridized carbons (Fsp3) is 1.00. The van der Waals surface area contributed by atoms with E-state index in [1.165, 1.54) is 81.2 Å². The van der Waals surface area contributed by atoms with Crippen molar-refractivity contribution in [3.63, 3.8) is 0 Å². The van der Waals surface area contributed by atoms with E-state index in [2.05, 4.69) is 35.3 Å². The van der Waals surface area contributed by atoms with Crippen LogP contribution in [0.15, 0.2) is 0 Å². The predicted molar refractivity (Wildman–Crippen MR) is 84.2 cm³/mol. The van der Waals surface area contributed by atoms with Crippen molar-refractivity contribution in [3.05, 3.63) is 0 Å². The highest BCUT2D eigenvalue weighted by molar-refractivity contribution is 7.99. The van der Waals surface area contributed by atoms with E-state index in [1.807, 2.05) is 0 Å². The molecule has 1 saturated heterocycles. The van der Waals surface area contributed by atoms with E-state index in [4.69, 9.17) is 0 Å². The third-order valence-electron chi connectivity index (χ3n) is 3.23. The summed E-state index contributed by atoms with van der Waals surface area (Å²) in [7, 11) is 0. The molecule has 3 heteroatoms. The molecule has 0 spiro atoms. The molecule has 1 nitrogen and oxygen atoms in total. The minimum atomic E-state index is 1.29. The predicted octanol–water partition coefficient (Wildman–Crippen LogP) is 4.48. The summed E-state index contributed by atoms with van der Waals surface area (Å²) in [6, 6.07) is 0. The summed E-state index contributed by atoms with van der Waals surface area (Å²) in [6.07, 6.45) is 9.94. The normalized spacial score (nSPS) is 16.8. The fourth-order valence-electron chi connectivity index (χ4n) is 2.08. The van der Waals surface area contributed by atoms with Gasteiger partial charge in [-0.25, -0.2) is 0 Å². The minimum absolute atomic E-state index is 1.29. The van der Waals surface area contributed by atoms with E-state index in [0.717, 1.165) is 0 Å². The summed E-state index contributed by atoms with van der Waals surface area (Å²) >= 11 is 4.25. The molecule has 0 aromatic carbocycles. The Bertz CT molecular complexity index is 158. The highest BCUT2D eigenvalue weighted by Gasteiger charge is 2.10. The van der Waals surface area contributed by atoms with Gasteiger partial charge in [0.05, 0.1) is 0 Å². The van der Waals surface area contributed by atoms with Gasteiger partial charge in [-0.3, -0.25) is 4.90 Å². The van der Waals surface area contributed by atoms with E-state index < -0.39 is 0 Å². The first-order valence-corrected chi connectivity index (χ1v) is 9.62. The van der Waals surface area contributed by atoms with E-state index in [9.17, 15) is 0 Å². The molecular weight excluding hydrogens is 246 g/mol. The van der Waals surface area contributed by atoms with Gasteiger partial charge in [-0.15, -0.1) is 11.8 Å². The smallest absolute Gasteiger partial charge is 0.0445 e. The van der Waals surface area contributed by atoms with Crippen LogP contribution in [0.3, 0.4) is 0 Å². The quantitative estimate of drug-likeness (QED) is 0.512. The lowest BCUT2D eigenvalue weighted by molar-refractivity contribution is 0.344. The number of thioether (sulfide) groups is 2. The topological polar surface area (TPSA) is 3.24 Å². The van der Waals surface area contributed by atoms with Gasteiger partial charge < -0.3 is 0 Å². The van der Waals surface area contributed by atoms with Crippen molar-refractivity contribution >= 4 is 23.5 Å². The first-order valence-electron chi connectivity index (χ1n) is 7.31. The van der Waals surface area contributed by atoms with Crippen molar-refractivity contribution in [3.8, 4) is 0 Å². The van der Waals surface area contributed by atoms with E-state index in [-0.39, 0.29) is 0 Å². The Hall–Kier alpha value is 0.660. The van der Waals surface area contributed by atoms with Crippen LogP contribution in [-0.4, -0.2) is 41.1 Å². The van der Waals surface area contributed by atoms with Crippen molar-refractivity contribution in [2.75, 3.05) is 36.2 Å². The molecule has 0 atom stereocenters. The summed E-state index contributed by atoms with van der Waals surface area (Å²) < 4.78 is 0. The lowest BCUT2D eigenvalue weighted by Crippen LogP contribution is -2.20. The van der Waals surface area contributed by atoms with Crippen LogP contribution in [0, 0.1) is 0 Å². The Morgan fingerprint density at radius 2 is 1.76 bits per heavy atom. The summed E-state index contributed by atoms with van der Waals surface area (Å²) in [5.74, 6) is 5.42. The standard InChI is InChI=1S/C14H29NS2/c1-2-3-7-11-16-12-8-5-4-6-9-15-10-13-17-14-15/h2-14H2,1H3. The largest absolute Gasteiger partial charge is 0.293 e. The molecule has 0 aliphatic carbocycles. The van der Waals surface area contributed by atoms with Gasteiger partial charge >= 0.3 is 0 Å². The molecule has 0 N–H and O–H groups in total. The summed E-state index contributed by atoms with van der Waals surface area (Å²) in [5, 5.41) is 0. The fourth-order valence-corrected chi connectivity index (χ4v) is 4.13. The average molecular weight is 276 g/mol. The molecule has 0 amide bonds. The van der Waals surface area contributed by atoms with E-state index in [0.29, 0.717) is 0 Å². The summed E-state index contributed by atoms with van der Waals surface area (Å²) in [5.41, 5.74) is 0. The second-order valence-corrected chi connectivity index (χ2v) is 7.19. The van der Waals surface area contributed by atoms with Crippen LogP contribution in [0.4, 0.5) is 0 Å². The van der Waals surface area contributed by atoms with E-state index >= 15 is 0 Å². The number of nitrogens with zero attached hydrogens (tertiary/aromatic N) is 1. The second kappa shape index (κ2) is 11.7. The Labute approximate surface area is 116 Å². The zero-order chi connectivity index (χ0) is 12.2. The van der Waals surface area contributed by atoms with Gasteiger partial charge in [0.2, 0.25) is 0 Å². The van der Waals surface area contributed by atoms with Crippen LogP contribution in [-0.2, 0) is 0 Å². The third kappa shape index (κ3) is 9.26. The second-order valence-electron chi connectivity index (χ2n) is 4.89. The molecule has 0 saturated carbocycles. The van der Waals surface area contributed by atoms with E-state index in [1.54, 1.807) is 0 Å². The number of unbranched alkanes of at least 4 members (excludes halogenated alkanes) is 5. The molecule has 1 heterocycles. The Morgan fingerprint density at radius 3 is 2.47 bits per heavy atom. The number of hydrogen-bond acceptors (Lipinski definition) is 3. The highest BCUT2D eigenvalue weighted by Crippen LogP contribution is 2.15. The van der Waals surface area contributed by atoms with Gasteiger partial charge in [0.1, 0.15) is 0 Å². The monoisotopic (exact) mass is 275 g/mol. The van der Waals surface area contributed by atoms with Gasteiger partial charge in [-0.2, -0.15) is 11.8 Å². The van der Waals surface area contributed by atoms with Crippen molar-refractivity contribution in [1.82, 2.24) is 4.90 Å². The van der Waals surface area contributed by atoms with Gasteiger partial charge in [0.15, 0.2) is 0 Å². The highest BCUT2D eigenvalue weighted by atomic mass is 32.2. The Morgan fingerprint density at radius 1 is 1.00 bits per heavy atom. The third-order valence-corrected chi connectivity index (χ3v) is 5.40. The van der Waals surface area contributed by atoms with Gasteiger partial charge in [-0.1, -0.05) is 32.6 Å². The maximum Gasteiger partial charge on any atom is 0.0445 e. The van der Waals surface area contributed by atoms with Gasteiger partial charge in [0, 0.05) is 18.2 Å². The van der Waals surface area contributed by atoms with Crippen LogP contribution >= 0.6 is 23.5 Å². The molecule has 1 aliphatic rings. The van der Waals surface area contributed by atoms with Crippen LogP contribution < -0.4 is 0 Å². The van der Waals surface area contributed by atoms with Crippen molar-refractivity contribution < 1.29 is 0 Å². The first-order chi connectivity index (χ1) is 8.43. The average Bonchev–Trinajstić information content (AvgIpc) is 2.85. The first kappa shape index (κ1) is 15.7. The summed E-state index contributed by atoms with van der Waals surface area (Å²) in [4.78, 5) is 2.60. The molecule has 0 aromatic heterocycles. The maximum atomic E-state index is 2.60. The molecule has 0 bridgehead atoms. The van der Waals surface area contributed by atoms with Crippen LogP contribution in [0.1, 0.15) is 51.9 Å². The molecule has 0 unspecified atom stereocenters. The van der Waals surface area contributed by atoms with Crippen molar-refractivity contribution in [1.29, 1.82) is 0 Å². The van der Waals surface area contributed by atoms with Crippen LogP contribution in [0.25, 0.3) is 0 Å². The summed E-state index contributed by atoms with van der Waals surface area (Å²) in [6.45, 7) is 4.96. The van der Waals surface area contributed by atoms with Gasteiger partial charge in [-0.05, 0) is 37.3 Å². The lowest BCUT2D eigenvalue weighted by Gasteiger charge is -2.12. The molecule has 1 rings (SSSR count). The van der Waals surface area contributed by atoms with Crippen LogP contribution in [0.2, 0.25) is 0 Å². The lowest BCUT2D eigenvalue weighted by atomic mass is 10.2. The molecule has 1 aliphatic heterocycles. The molecule has 0 aromatic rings. The van der Waals surface area contributed by atoms with Crippen molar-refractivity contribution in [2.24, 2.45) is 0 Å². The molecule has 102 valence electrons. The molecule has 0 radical (unpaired) electrons. The Kier molecular flexibility index (Phi) is 10.8. The molecule has 17 heavy (non-hydrogen) atoms. The number of rotatable bonds is 11. The number of hydrogen-bond donors (Lipinski definition) is 0. The zero-order valence-corrected chi connectivity index (χ0v) is 13.1. The van der Waals surface area contributed by atoms with Crippen molar-refractivity contribution in [2.45, 2.75) is 51.9 Å². The molecular formula is C14H29NS2. The maximum absolute atomic E-state index is 2.60. The SMILES string of the molecule is CCCCCSCCCCCCN1CCSC1. The minimum Gasteiger partial charge on any atom is -0.293 e. The Balaban J connectivity index is 1.69. The van der Waals surface area contributed by atoms with Crippen LogP contribution in [0.5, 0.6) is 0 Å². The zero-order valence-electron chi connectivity index (χ0n) is 11.5. The molecule has 1 fully saturated rings.